The van der Waals surface area contributed by atoms with Gasteiger partial charge in [0, 0.05) is 13.2 Å². The molecule has 1 aromatic heterocycles. The highest BCUT2D eigenvalue weighted by atomic mass is 16.6. The van der Waals surface area contributed by atoms with Gasteiger partial charge in [-0.1, -0.05) is 19.2 Å². The van der Waals surface area contributed by atoms with Gasteiger partial charge in [0.15, 0.2) is 0 Å². The number of alkyl carbamates (subject to hydrolysis) is 1. The summed E-state index contributed by atoms with van der Waals surface area (Å²) in [7, 11) is 1.54. The third-order valence-electron chi connectivity index (χ3n) is 3.10. The van der Waals surface area contributed by atoms with E-state index in [-0.39, 0.29) is 11.7 Å². The number of allylic oxidation sites excluding steroid dienone is 3. The molecule has 1 amide bonds. The lowest BCUT2D eigenvalue weighted by Crippen LogP contribution is -2.30. The SMILES string of the molecule is C=CC1=C(C=C)Oc2cnccc2CC1.CNC(=O)OC(C)(C)C. The van der Waals surface area contributed by atoms with Crippen molar-refractivity contribution in [2.45, 2.75) is 39.2 Å². The minimum Gasteiger partial charge on any atom is -0.455 e. The van der Waals surface area contributed by atoms with Crippen LogP contribution in [-0.2, 0) is 11.2 Å². The summed E-state index contributed by atoms with van der Waals surface area (Å²) >= 11 is 0. The lowest BCUT2D eigenvalue weighted by Gasteiger charge is -2.18. The normalized spacial score (nSPS) is 13.3. The fourth-order valence-electron chi connectivity index (χ4n) is 1.99. The van der Waals surface area contributed by atoms with Gasteiger partial charge in [0.2, 0.25) is 0 Å². The number of aromatic nitrogens is 1. The molecule has 24 heavy (non-hydrogen) atoms. The number of carbonyl (C=O) groups is 1. The molecule has 2 heterocycles. The summed E-state index contributed by atoms with van der Waals surface area (Å²) in [6.45, 7) is 13.0. The molecule has 0 aromatic carbocycles. The number of aryl methyl sites for hydroxylation is 1. The van der Waals surface area contributed by atoms with Gasteiger partial charge in [0.05, 0.1) is 6.20 Å². The van der Waals surface area contributed by atoms with Gasteiger partial charge in [-0.15, -0.1) is 0 Å². The Morgan fingerprint density at radius 1 is 1.33 bits per heavy atom. The summed E-state index contributed by atoms with van der Waals surface area (Å²) in [6, 6.07) is 1.99. The Kier molecular flexibility index (Phi) is 7.24. The van der Waals surface area contributed by atoms with Gasteiger partial charge in [-0.2, -0.15) is 0 Å². The van der Waals surface area contributed by atoms with E-state index < -0.39 is 0 Å². The van der Waals surface area contributed by atoms with E-state index in [1.165, 1.54) is 12.6 Å². The molecule has 0 saturated heterocycles. The zero-order chi connectivity index (χ0) is 18.2. The molecule has 0 radical (unpaired) electrons. The van der Waals surface area contributed by atoms with Crippen LogP contribution in [0.15, 0.2) is 55.1 Å². The topological polar surface area (TPSA) is 60.5 Å². The van der Waals surface area contributed by atoms with E-state index in [2.05, 4.69) is 23.5 Å². The first kappa shape index (κ1) is 19.5. The maximum absolute atomic E-state index is 10.5. The molecule has 1 aromatic rings. The molecule has 0 aliphatic carbocycles. The van der Waals surface area contributed by atoms with Crippen LogP contribution in [0, 0.1) is 0 Å². The lowest BCUT2D eigenvalue weighted by molar-refractivity contribution is 0.0541. The minimum atomic E-state index is -0.389. The third kappa shape index (κ3) is 6.28. The summed E-state index contributed by atoms with van der Waals surface area (Å²) in [5, 5.41) is 2.36. The van der Waals surface area contributed by atoms with Crippen LogP contribution in [0.2, 0.25) is 0 Å². The molecule has 1 N–H and O–H groups in total. The van der Waals surface area contributed by atoms with Crippen LogP contribution in [0.5, 0.6) is 5.75 Å². The summed E-state index contributed by atoms with van der Waals surface area (Å²) < 4.78 is 10.6. The van der Waals surface area contributed by atoms with Gasteiger partial charge in [-0.05, 0) is 56.9 Å². The summed E-state index contributed by atoms with van der Waals surface area (Å²) in [5.74, 6) is 1.61. The zero-order valence-electron chi connectivity index (χ0n) is 14.9. The molecule has 0 spiro atoms. The number of hydrogen-bond acceptors (Lipinski definition) is 4. The number of hydrogen-bond donors (Lipinski definition) is 1. The fourth-order valence-corrected chi connectivity index (χ4v) is 1.99. The van der Waals surface area contributed by atoms with Gasteiger partial charge in [0.1, 0.15) is 17.1 Å². The van der Waals surface area contributed by atoms with E-state index in [0.29, 0.717) is 0 Å². The number of pyridine rings is 1. The van der Waals surface area contributed by atoms with E-state index >= 15 is 0 Å². The highest BCUT2D eigenvalue weighted by molar-refractivity contribution is 5.67. The summed E-state index contributed by atoms with van der Waals surface area (Å²) in [4.78, 5) is 14.5. The average molecular weight is 330 g/mol. The molecule has 0 atom stereocenters. The second-order valence-corrected chi connectivity index (χ2v) is 6.14. The maximum Gasteiger partial charge on any atom is 0.407 e. The highest BCUT2D eigenvalue weighted by Crippen LogP contribution is 2.28. The Balaban J connectivity index is 0.000000277. The number of ether oxygens (including phenoxy) is 2. The zero-order valence-corrected chi connectivity index (χ0v) is 14.9. The van der Waals surface area contributed by atoms with Crippen molar-refractivity contribution in [3.63, 3.8) is 0 Å². The average Bonchev–Trinajstić information content (AvgIpc) is 2.72. The van der Waals surface area contributed by atoms with Crippen LogP contribution in [0.4, 0.5) is 4.79 Å². The Morgan fingerprint density at radius 3 is 2.54 bits per heavy atom. The van der Waals surface area contributed by atoms with E-state index in [4.69, 9.17) is 9.47 Å². The van der Waals surface area contributed by atoms with Gasteiger partial charge in [0.25, 0.3) is 0 Å². The Hall–Kier alpha value is -2.56. The molecule has 5 heteroatoms. The van der Waals surface area contributed by atoms with Crippen molar-refractivity contribution in [3.8, 4) is 5.75 Å². The Bertz CT molecular complexity index is 628. The van der Waals surface area contributed by atoms with Gasteiger partial charge in [-0.25, -0.2) is 4.79 Å². The molecule has 130 valence electrons. The van der Waals surface area contributed by atoms with Crippen molar-refractivity contribution in [2.24, 2.45) is 0 Å². The quantitative estimate of drug-likeness (QED) is 0.884. The van der Waals surface area contributed by atoms with E-state index in [0.717, 1.165) is 29.9 Å². The Labute approximate surface area is 144 Å². The summed E-state index contributed by atoms with van der Waals surface area (Å²) in [6.07, 6.45) is 8.58. The number of rotatable bonds is 2. The van der Waals surface area contributed by atoms with E-state index in [1.54, 1.807) is 18.5 Å². The number of fused-ring (bicyclic) bond motifs is 1. The third-order valence-corrected chi connectivity index (χ3v) is 3.10. The van der Waals surface area contributed by atoms with Gasteiger partial charge >= 0.3 is 6.09 Å². The second-order valence-electron chi connectivity index (χ2n) is 6.14. The monoisotopic (exact) mass is 330 g/mol. The van der Waals surface area contributed by atoms with E-state index in [1.807, 2.05) is 32.9 Å². The molecule has 1 aliphatic rings. The van der Waals surface area contributed by atoms with Crippen molar-refractivity contribution in [3.05, 3.63) is 60.7 Å². The molecular weight excluding hydrogens is 304 g/mol. The molecule has 2 rings (SSSR count). The molecule has 0 bridgehead atoms. The van der Waals surface area contributed by atoms with Crippen LogP contribution in [0.3, 0.4) is 0 Å². The maximum atomic E-state index is 10.5. The van der Waals surface area contributed by atoms with Crippen LogP contribution in [-0.4, -0.2) is 23.7 Å². The van der Waals surface area contributed by atoms with Crippen molar-refractivity contribution in [1.29, 1.82) is 0 Å². The molecule has 1 aliphatic heterocycles. The van der Waals surface area contributed by atoms with Crippen molar-refractivity contribution in [1.82, 2.24) is 10.3 Å². The first-order valence-corrected chi connectivity index (χ1v) is 7.80. The van der Waals surface area contributed by atoms with Crippen LogP contribution >= 0.6 is 0 Å². The number of nitrogens with one attached hydrogen (secondary N) is 1. The van der Waals surface area contributed by atoms with Crippen LogP contribution in [0.25, 0.3) is 0 Å². The Morgan fingerprint density at radius 2 is 2.04 bits per heavy atom. The van der Waals surface area contributed by atoms with Gasteiger partial charge < -0.3 is 14.8 Å². The first-order chi connectivity index (χ1) is 11.3. The number of carbonyl (C=O) groups excluding carboxylic acids is 1. The molecular formula is C19H26N2O3. The van der Waals surface area contributed by atoms with Crippen molar-refractivity contribution in [2.75, 3.05) is 7.05 Å². The largest absolute Gasteiger partial charge is 0.455 e. The number of amides is 1. The molecule has 0 unspecified atom stereocenters. The summed E-state index contributed by atoms with van der Waals surface area (Å²) in [5.41, 5.74) is 1.89. The molecule has 0 fully saturated rings. The van der Waals surface area contributed by atoms with Crippen LogP contribution in [0.1, 0.15) is 32.8 Å². The highest BCUT2D eigenvalue weighted by Gasteiger charge is 2.14. The van der Waals surface area contributed by atoms with Crippen LogP contribution < -0.4 is 10.1 Å². The lowest BCUT2D eigenvalue weighted by atomic mass is 10.1. The first-order valence-electron chi connectivity index (χ1n) is 7.80. The standard InChI is InChI=1S/C13H13NO.C6H13NO2/c1-3-10-5-6-11-7-8-14-9-13(11)15-12(10)4-2;1-6(2,3)9-5(8)7-4/h3-4,7-9H,1-2,5-6H2;1-4H3,(H,7,8). The molecule has 5 nitrogen and oxygen atoms in total. The van der Waals surface area contributed by atoms with Crippen molar-refractivity contribution >= 4 is 6.09 Å². The van der Waals surface area contributed by atoms with Crippen molar-refractivity contribution < 1.29 is 14.3 Å². The predicted octanol–water partition coefficient (Wildman–Crippen LogP) is 4.17. The smallest absolute Gasteiger partial charge is 0.407 e. The van der Waals surface area contributed by atoms with Gasteiger partial charge in [-0.3, -0.25) is 4.98 Å². The van der Waals surface area contributed by atoms with E-state index in [9.17, 15) is 4.79 Å². The predicted molar refractivity (Wildman–Crippen MR) is 95.9 cm³/mol. The minimum absolute atomic E-state index is 0.387. The molecule has 0 saturated carbocycles. The second kappa shape index (κ2) is 8.91. The number of nitrogens with zero attached hydrogens (tertiary/aromatic N) is 1. The fraction of sp³-hybridized carbons (Fsp3) is 0.368.